The number of sulfonamides is 1. The number of benzene rings is 1. The number of hydrogen-bond donors (Lipinski definition) is 0. The molecule has 0 spiro atoms. The Hall–Kier alpha value is -1.99. The molecule has 2 aromatic rings. The van der Waals surface area contributed by atoms with Crippen LogP contribution in [-0.2, 0) is 10.0 Å². The molecule has 0 aliphatic carbocycles. The molecule has 1 saturated heterocycles. The van der Waals surface area contributed by atoms with Gasteiger partial charge < -0.3 is 0 Å². The van der Waals surface area contributed by atoms with E-state index in [1.807, 2.05) is 31.2 Å². The smallest absolute Gasteiger partial charge is 0.236 e. The normalized spacial score (nSPS) is 20.0. The summed E-state index contributed by atoms with van der Waals surface area (Å²) in [6, 6.07) is 7.80. The van der Waals surface area contributed by atoms with Crippen LogP contribution in [0.2, 0.25) is 0 Å². The quantitative estimate of drug-likeness (QED) is 0.862. The van der Waals surface area contributed by atoms with Crippen molar-refractivity contribution in [2.75, 3.05) is 13.1 Å². The zero-order valence-electron chi connectivity index (χ0n) is 12.3. The van der Waals surface area contributed by atoms with Crippen molar-refractivity contribution in [3.8, 4) is 0 Å². The molecule has 0 unspecified atom stereocenters. The molecular weight excluding hydrogens is 300 g/mol. The Kier molecular flexibility index (Phi) is 4.08. The van der Waals surface area contributed by atoms with Crippen LogP contribution in [0.3, 0.4) is 0 Å². The van der Waals surface area contributed by atoms with Crippen molar-refractivity contribution in [2.45, 2.75) is 19.4 Å². The molecule has 0 N–H and O–H groups in total. The Morgan fingerprint density at radius 1 is 1.27 bits per heavy atom. The van der Waals surface area contributed by atoms with Gasteiger partial charge in [0.15, 0.2) is 0 Å². The van der Waals surface area contributed by atoms with Crippen molar-refractivity contribution in [2.24, 2.45) is 0 Å². The predicted molar refractivity (Wildman–Crippen MR) is 84.4 cm³/mol. The topological polar surface area (TPSA) is 68.1 Å². The minimum absolute atomic E-state index is 0.0602. The Labute approximate surface area is 130 Å². The van der Waals surface area contributed by atoms with Gasteiger partial charge >= 0.3 is 0 Å². The van der Waals surface area contributed by atoms with Crippen molar-refractivity contribution >= 4 is 16.1 Å². The first-order valence-corrected chi connectivity index (χ1v) is 8.66. The first kappa shape index (κ1) is 14.9. The Morgan fingerprint density at radius 2 is 2.05 bits per heavy atom. The van der Waals surface area contributed by atoms with Gasteiger partial charge in [-0.05, 0) is 25.0 Å². The fourth-order valence-electron chi connectivity index (χ4n) is 2.50. The van der Waals surface area contributed by atoms with Gasteiger partial charge in [-0.15, -0.1) is 5.10 Å². The molecule has 0 radical (unpaired) electrons. The highest BCUT2D eigenvalue weighted by Crippen LogP contribution is 2.23. The van der Waals surface area contributed by atoms with Crippen LogP contribution in [0.1, 0.15) is 23.6 Å². The van der Waals surface area contributed by atoms with Crippen LogP contribution in [-0.4, -0.2) is 40.8 Å². The van der Waals surface area contributed by atoms with E-state index < -0.39 is 10.0 Å². The van der Waals surface area contributed by atoms with Crippen molar-refractivity contribution in [3.05, 3.63) is 53.2 Å². The molecule has 1 aromatic carbocycles. The SMILES string of the molecule is Cc1ccc(/C=C/S(=O)(=O)N2CC[C@H](n3ccnn3)C2)cc1. The lowest BCUT2D eigenvalue weighted by Gasteiger charge is -2.13. The van der Waals surface area contributed by atoms with Crippen molar-refractivity contribution in [1.82, 2.24) is 19.3 Å². The van der Waals surface area contributed by atoms with Crippen LogP contribution >= 0.6 is 0 Å². The summed E-state index contributed by atoms with van der Waals surface area (Å²) < 4.78 is 28.0. The van der Waals surface area contributed by atoms with E-state index in [4.69, 9.17) is 0 Å². The molecule has 1 atom stereocenters. The highest BCUT2D eigenvalue weighted by molar-refractivity contribution is 7.92. The van der Waals surface area contributed by atoms with E-state index in [-0.39, 0.29) is 6.04 Å². The maximum atomic E-state index is 12.4. The van der Waals surface area contributed by atoms with Crippen LogP contribution in [0.4, 0.5) is 0 Å². The highest BCUT2D eigenvalue weighted by Gasteiger charge is 2.31. The molecule has 6 nitrogen and oxygen atoms in total. The molecule has 0 saturated carbocycles. The van der Waals surface area contributed by atoms with Gasteiger partial charge in [0.05, 0.1) is 12.2 Å². The van der Waals surface area contributed by atoms with Crippen molar-refractivity contribution < 1.29 is 8.42 Å². The monoisotopic (exact) mass is 318 g/mol. The van der Waals surface area contributed by atoms with Gasteiger partial charge in [0.2, 0.25) is 10.0 Å². The number of hydrogen-bond acceptors (Lipinski definition) is 4. The molecule has 3 rings (SSSR count). The lowest BCUT2D eigenvalue weighted by molar-refractivity contribution is 0.432. The lowest BCUT2D eigenvalue weighted by Crippen LogP contribution is -2.27. The number of aryl methyl sites for hydroxylation is 1. The summed E-state index contributed by atoms with van der Waals surface area (Å²) in [6.07, 6.45) is 5.76. The fourth-order valence-corrected chi connectivity index (χ4v) is 3.74. The highest BCUT2D eigenvalue weighted by atomic mass is 32.2. The van der Waals surface area contributed by atoms with Gasteiger partial charge in [0.25, 0.3) is 0 Å². The van der Waals surface area contributed by atoms with E-state index in [0.717, 1.165) is 17.5 Å². The van der Waals surface area contributed by atoms with Gasteiger partial charge in [-0.1, -0.05) is 35.0 Å². The summed E-state index contributed by atoms with van der Waals surface area (Å²) in [5.74, 6) is 0. The van der Waals surface area contributed by atoms with Gasteiger partial charge in [-0.3, -0.25) is 0 Å². The van der Waals surface area contributed by atoms with Gasteiger partial charge in [-0.2, -0.15) is 4.31 Å². The summed E-state index contributed by atoms with van der Waals surface area (Å²) in [6.45, 7) is 2.94. The van der Waals surface area contributed by atoms with Gasteiger partial charge in [-0.25, -0.2) is 13.1 Å². The van der Waals surface area contributed by atoms with Crippen molar-refractivity contribution in [1.29, 1.82) is 0 Å². The van der Waals surface area contributed by atoms with E-state index in [2.05, 4.69) is 10.3 Å². The Balaban J connectivity index is 1.70. The molecule has 7 heteroatoms. The third-order valence-electron chi connectivity index (χ3n) is 3.81. The summed E-state index contributed by atoms with van der Waals surface area (Å²) in [5, 5.41) is 8.99. The molecule has 1 aliphatic heterocycles. The molecular formula is C15H18N4O2S. The molecule has 1 fully saturated rings. The Morgan fingerprint density at radius 3 is 2.73 bits per heavy atom. The summed E-state index contributed by atoms with van der Waals surface area (Å²) >= 11 is 0. The standard InChI is InChI=1S/C15H18N4O2S/c1-13-2-4-14(5-3-13)7-11-22(20,21)18-9-6-15(12-18)19-10-8-16-17-19/h2-5,7-8,10-11,15H,6,9,12H2,1H3/b11-7+/t15-/m0/s1. The molecule has 1 aliphatic rings. The van der Waals surface area contributed by atoms with E-state index in [9.17, 15) is 8.42 Å². The summed E-state index contributed by atoms with van der Waals surface area (Å²) in [4.78, 5) is 0. The Bertz CT molecular complexity index is 751. The lowest BCUT2D eigenvalue weighted by atomic mass is 10.2. The second-order valence-electron chi connectivity index (χ2n) is 5.44. The average molecular weight is 318 g/mol. The van der Waals surface area contributed by atoms with Crippen molar-refractivity contribution in [3.63, 3.8) is 0 Å². The second kappa shape index (κ2) is 6.02. The molecule has 0 amide bonds. The maximum absolute atomic E-state index is 12.4. The molecule has 2 heterocycles. The molecule has 1 aromatic heterocycles. The van der Waals surface area contributed by atoms with Crippen LogP contribution in [0, 0.1) is 6.92 Å². The zero-order valence-corrected chi connectivity index (χ0v) is 13.1. The van der Waals surface area contributed by atoms with Gasteiger partial charge in [0.1, 0.15) is 0 Å². The fraction of sp³-hybridized carbons (Fsp3) is 0.333. The number of rotatable bonds is 4. The largest absolute Gasteiger partial charge is 0.248 e. The van der Waals surface area contributed by atoms with Crippen LogP contribution < -0.4 is 0 Å². The average Bonchev–Trinajstić information content (AvgIpc) is 3.18. The predicted octanol–water partition coefficient (Wildman–Crippen LogP) is 1.83. The minimum atomic E-state index is -3.40. The molecule has 22 heavy (non-hydrogen) atoms. The van der Waals surface area contributed by atoms with Crippen LogP contribution in [0.15, 0.2) is 42.1 Å². The number of aromatic nitrogens is 3. The number of nitrogens with zero attached hydrogens (tertiary/aromatic N) is 4. The van der Waals surface area contributed by atoms with Gasteiger partial charge in [0, 0.05) is 24.7 Å². The third kappa shape index (κ3) is 3.26. The minimum Gasteiger partial charge on any atom is -0.248 e. The van der Waals surface area contributed by atoms with Crippen LogP contribution in [0.25, 0.3) is 6.08 Å². The first-order valence-electron chi connectivity index (χ1n) is 7.15. The summed E-state index contributed by atoms with van der Waals surface area (Å²) in [7, 11) is -3.40. The van der Waals surface area contributed by atoms with E-state index in [1.54, 1.807) is 23.2 Å². The second-order valence-corrected chi connectivity index (χ2v) is 7.26. The molecule has 116 valence electrons. The molecule has 0 bridgehead atoms. The maximum Gasteiger partial charge on any atom is 0.236 e. The first-order chi connectivity index (χ1) is 10.5. The van der Waals surface area contributed by atoms with E-state index >= 15 is 0 Å². The van der Waals surface area contributed by atoms with Crippen LogP contribution in [0.5, 0.6) is 0 Å². The van der Waals surface area contributed by atoms with E-state index in [1.165, 1.54) is 9.71 Å². The third-order valence-corrected chi connectivity index (χ3v) is 5.34. The summed E-state index contributed by atoms with van der Waals surface area (Å²) in [5.41, 5.74) is 2.02. The van der Waals surface area contributed by atoms with E-state index in [0.29, 0.717) is 13.1 Å². The zero-order chi connectivity index (χ0) is 15.6.